The van der Waals surface area contributed by atoms with Crippen LogP contribution in [0.25, 0.3) is 0 Å². The van der Waals surface area contributed by atoms with E-state index in [1.165, 1.54) is 11.1 Å². The number of nitrogens with zero attached hydrogens (tertiary/aromatic N) is 2. The van der Waals surface area contributed by atoms with Crippen molar-refractivity contribution in [2.75, 3.05) is 19.6 Å². The van der Waals surface area contributed by atoms with Crippen molar-refractivity contribution in [2.45, 2.75) is 45.0 Å². The van der Waals surface area contributed by atoms with Gasteiger partial charge in [-0.05, 0) is 30.9 Å². The molecule has 0 bridgehead atoms. The average Bonchev–Trinajstić information content (AvgIpc) is 2.94. The average molecular weight is 302 g/mol. The summed E-state index contributed by atoms with van der Waals surface area (Å²) in [5, 5.41) is 16.2. The zero-order valence-electron chi connectivity index (χ0n) is 13.3. The number of likely N-dealkylation sites (tertiary alicyclic amines) is 1. The lowest BCUT2D eigenvalue weighted by Gasteiger charge is -2.29. The number of aliphatic hydroxyl groups excluding tert-OH is 1. The SMILES string of the molecule is CC1CN=C(NCc2ccc(CN3CCC(O)CC3)cc2)N1. The lowest BCUT2D eigenvalue weighted by molar-refractivity contribution is 0.0792. The Kier molecular flexibility index (Phi) is 4.95. The Morgan fingerprint density at radius 3 is 2.55 bits per heavy atom. The summed E-state index contributed by atoms with van der Waals surface area (Å²) in [6, 6.07) is 9.21. The number of hydrogen-bond acceptors (Lipinski definition) is 5. The standard InChI is InChI=1S/C17H26N4O/c1-13-10-18-17(20-13)19-11-14-2-4-15(5-3-14)12-21-8-6-16(22)7-9-21/h2-5,13,16,22H,6-12H2,1H3,(H2,18,19,20). The van der Waals surface area contributed by atoms with Crippen LogP contribution in [0.4, 0.5) is 0 Å². The fraction of sp³-hybridized carbons (Fsp3) is 0.588. The molecule has 1 aromatic carbocycles. The molecule has 0 aliphatic carbocycles. The number of benzene rings is 1. The molecule has 0 radical (unpaired) electrons. The molecule has 5 heteroatoms. The third-order valence-corrected chi connectivity index (χ3v) is 4.35. The molecule has 5 nitrogen and oxygen atoms in total. The first-order valence-corrected chi connectivity index (χ1v) is 8.22. The second-order valence-electron chi connectivity index (χ2n) is 6.41. The third-order valence-electron chi connectivity index (χ3n) is 4.35. The first kappa shape index (κ1) is 15.3. The molecular formula is C17H26N4O. The van der Waals surface area contributed by atoms with Crippen molar-refractivity contribution < 1.29 is 5.11 Å². The van der Waals surface area contributed by atoms with Crippen LogP contribution in [0.15, 0.2) is 29.3 Å². The highest BCUT2D eigenvalue weighted by Gasteiger charge is 2.16. The second-order valence-corrected chi connectivity index (χ2v) is 6.41. The Hall–Kier alpha value is -1.59. The van der Waals surface area contributed by atoms with Gasteiger partial charge in [-0.1, -0.05) is 24.3 Å². The quantitative estimate of drug-likeness (QED) is 0.779. The third kappa shape index (κ3) is 4.21. The number of nitrogens with one attached hydrogen (secondary N) is 2. The number of aliphatic hydroxyl groups is 1. The van der Waals surface area contributed by atoms with Crippen LogP contribution in [-0.2, 0) is 13.1 Å². The molecule has 1 unspecified atom stereocenters. The van der Waals surface area contributed by atoms with E-state index >= 15 is 0 Å². The van der Waals surface area contributed by atoms with Gasteiger partial charge in [0.2, 0.25) is 0 Å². The normalized spacial score (nSPS) is 23.2. The first-order valence-electron chi connectivity index (χ1n) is 8.22. The maximum absolute atomic E-state index is 9.55. The zero-order valence-corrected chi connectivity index (χ0v) is 13.3. The van der Waals surface area contributed by atoms with E-state index < -0.39 is 0 Å². The molecule has 3 N–H and O–H groups in total. The zero-order chi connectivity index (χ0) is 15.4. The van der Waals surface area contributed by atoms with Crippen molar-refractivity contribution in [1.82, 2.24) is 15.5 Å². The summed E-state index contributed by atoms with van der Waals surface area (Å²) < 4.78 is 0. The lowest BCUT2D eigenvalue weighted by atomic mass is 10.1. The predicted molar refractivity (Wildman–Crippen MR) is 88.7 cm³/mol. The van der Waals surface area contributed by atoms with E-state index in [1.54, 1.807) is 0 Å². The molecule has 2 aliphatic rings. The fourth-order valence-electron chi connectivity index (χ4n) is 2.94. The van der Waals surface area contributed by atoms with Crippen molar-refractivity contribution in [3.8, 4) is 0 Å². The van der Waals surface area contributed by atoms with Gasteiger partial charge in [0.25, 0.3) is 0 Å². The molecule has 0 spiro atoms. The summed E-state index contributed by atoms with van der Waals surface area (Å²) in [6.07, 6.45) is 1.70. The smallest absolute Gasteiger partial charge is 0.191 e. The maximum atomic E-state index is 9.55. The molecule has 1 aromatic rings. The molecule has 22 heavy (non-hydrogen) atoms. The fourth-order valence-corrected chi connectivity index (χ4v) is 2.94. The highest BCUT2D eigenvalue weighted by molar-refractivity contribution is 5.81. The summed E-state index contributed by atoms with van der Waals surface area (Å²) in [7, 11) is 0. The molecule has 2 aliphatic heterocycles. The Labute approximate surface area is 132 Å². The van der Waals surface area contributed by atoms with E-state index in [9.17, 15) is 5.11 Å². The van der Waals surface area contributed by atoms with Gasteiger partial charge in [-0.15, -0.1) is 0 Å². The van der Waals surface area contributed by atoms with Crippen LogP contribution in [0.1, 0.15) is 30.9 Å². The van der Waals surface area contributed by atoms with Crippen LogP contribution in [-0.4, -0.2) is 47.7 Å². The van der Waals surface area contributed by atoms with E-state index in [0.29, 0.717) is 6.04 Å². The van der Waals surface area contributed by atoms with Crippen LogP contribution in [0.3, 0.4) is 0 Å². The molecule has 2 heterocycles. The highest BCUT2D eigenvalue weighted by Crippen LogP contribution is 2.14. The minimum atomic E-state index is -0.0977. The number of rotatable bonds is 4. The van der Waals surface area contributed by atoms with Crippen LogP contribution < -0.4 is 10.6 Å². The summed E-state index contributed by atoms with van der Waals surface area (Å²) in [4.78, 5) is 6.82. The van der Waals surface area contributed by atoms with Gasteiger partial charge in [0.15, 0.2) is 5.96 Å². The minimum Gasteiger partial charge on any atom is -0.393 e. The van der Waals surface area contributed by atoms with Gasteiger partial charge in [-0.25, -0.2) is 0 Å². The molecule has 1 saturated heterocycles. The first-order chi connectivity index (χ1) is 10.7. The number of aliphatic imine (C=N–C) groups is 1. The summed E-state index contributed by atoms with van der Waals surface area (Å²) in [5.41, 5.74) is 2.60. The Morgan fingerprint density at radius 2 is 1.91 bits per heavy atom. The number of guanidine groups is 1. The second kappa shape index (κ2) is 7.11. The monoisotopic (exact) mass is 302 g/mol. The van der Waals surface area contributed by atoms with Crippen LogP contribution in [0.5, 0.6) is 0 Å². The van der Waals surface area contributed by atoms with Crippen molar-refractivity contribution in [1.29, 1.82) is 0 Å². The van der Waals surface area contributed by atoms with Crippen molar-refractivity contribution in [2.24, 2.45) is 4.99 Å². The Bertz CT molecular complexity index is 506. The van der Waals surface area contributed by atoms with Gasteiger partial charge < -0.3 is 15.7 Å². The van der Waals surface area contributed by atoms with Crippen LogP contribution in [0, 0.1) is 0 Å². The van der Waals surface area contributed by atoms with Gasteiger partial charge in [0.1, 0.15) is 0 Å². The largest absolute Gasteiger partial charge is 0.393 e. The van der Waals surface area contributed by atoms with E-state index in [0.717, 1.165) is 51.5 Å². The van der Waals surface area contributed by atoms with E-state index in [-0.39, 0.29) is 6.10 Å². The summed E-state index contributed by atoms with van der Waals surface area (Å²) in [5.74, 6) is 0.906. The maximum Gasteiger partial charge on any atom is 0.191 e. The van der Waals surface area contributed by atoms with E-state index in [1.807, 2.05) is 0 Å². The van der Waals surface area contributed by atoms with E-state index in [2.05, 4.69) is 51.7 Å². The molecule has 0 amide bonds. The van der Waals surface area contributed by atoms with Gasteiger partial charge in [0.05, 0.1) is 12.6 Å². The van der Waals surface area contributed by atoms with E-state index in [4.69, 9.17) is 0 Å². The van der Waals surface area contributed by atoms with Gasteiger partial charge >= 0.3 is 0 Å². The van der Waals surface area contributed by atoms with Gasteiger partial charge in [0, 0.05) is 32.2 Å². The topological polar surface area (TPSA) is 59.9 Å². The molecule has 120 valence electrons. The molecule has 3 rings (SSSR count). The summed E-state index contributed by atoms with van der Waals surface area (Å²) >= 11 is 0. The predicted octanol–water partition coefficient (Wildman–Crippen LogP) is 1.08. The van der Waals surface area contributed by atoms with Crippen molar-refractivity contribution in [3.05, 3.63) is 35.4 Å². The Morgan fingerprint density at radius 1 is 1.23 bits per heavy atom. The van der Waals surface area contributed by atoms with Gasteiger partial charge in [-0.2, -0.15) is 0 Å². The molecular weight excluding hydrogens is 276 g/mol. The lowest BCUT2D eigenvalue weighted by Crippen LogP contribution is -2.37. The minimum absolute atomic E-state index is 0.0977. The van der Waals surface area contributed by atoms with Crippen molar-refractivity contribution >= 4 is 5.96 Å². The Balaban J connectivity index is 1.46. The highest BCUT2D eigenvalue weighted by atomic mass is 16.3. The molecule has 0 aromatic heterocycles. The van der Waals surface area contributed by atoms with Crippen molar-refractivity contribution in [3.63, 3.8) is 0 Å². The molecule has 0 saturated carbocycles. The van der Waals surface area contributed by atoms with Crippen LogP contribution >= 0.6 is 0 Å². The van der Waals surface area contributed by atoms with Gasteiger partial charge in [-0.3, -0.25) is 9.89 Å². The number of piperidine rings is 1. The van der Waals surface area contributed by atoms with Crippen LogP contribution in [0.2, 0.25) is 0 Å². The molecule has 1 fully saturated rings. The summed E-state index contributed by atoms with van der Waals surface area (Å²) in [6.45, 7) is 6.75. The molecule has 1 atom stereocenters. The number of hydrogen-bond donors (Lipinski definition) is 3.